The van der Waals surface area contributed by atoms with E-state index in [0.717, 1.165) is 0 Å². The first-order valence-electron chi connectivity index (χ1n) is 6.07. The lowest BCUT2D eigenvalue weighted by molar-refractivity contribution is 0.0495. The van der Waals surface area contributed by atoms with E-state index in [-0.39, 0.29) is 11.9 Å². The summed E-state index contributed by atoms with van der Waals surface area (Å²) < 4.78 is 6.99. The molecule has 98 valence electrons. The molecule has 19 heavy (non-hydrogen) atoms. The molecule has 0 aliphatic carbocycles. The van der Waals surface area contributed by atoms with E-state index < -0.39 is 0 Å². The molecule has 0 radical (unpaired) electrons. The Morgan fingerprint density at radius 1 is 1.37 bits per heavy atom. The maximum absolute atomic E-state index is 12.3. The number of benzene rings is 1. The average Bonchev–Trinajstić information content (AvgIpc) is 2.90. The molecule has 2 heterocycles. The summed E-state index contributed by atoms with van der Waals surface area (Å²) in [4.78, 5) is 14.1. The van der Waals surface area contributed by atoms with E-state index in [4.69, 9.17) is 4.74 Å². The first-order valence-corrected chi connectivity index (χ1v) is 6.07. The molecular formula is C13H14N4O2. The van der Waals surface area contributed by atoms with Crippen LogP contribution in [-0.2, 0) is 0 Å². The van der Waals surface area contributed by atoms with Gasteiger partial charge in [-0.3, -0.25) is 4.79 Å². The van der Waals surface area contributed by atoms with Crippen LogP contribution in [0.5, 0.6) is 5.75 Å². The van der Waals surface area contributed by atoms with E-state index in [1.165, 1.54) is 0 Å². The van der Waals surface area contributed by atoms with Gasteiger partial charge in [-0.25, -0.2) is 4.68 Å². The number of hydrogen-bond acceptors (Lipinski definition) is 4. The lowest BCUT2D eigenvalue weighted by Gasteiger charge is -2.39. The van der Waals surface area contributed by atoms with Crippen LogP contribution < -0.4 is 4.74 Å². The fourth-order valence-corrected chi connectivity index (χ4v) is 2.19. The van der Waals surface area contributed by atoms with E-state index >= 15 is 0 Å². The minimum Gasteiger partial charge on any atom is -0.496 e. The number of ether oxygens (including phenoxy) is 1. The number of rotatable bonds is 3. The number of methoxy groups -OCH3 is 1. The lowest BCUT2D eigenvalue weighted by Crippen LogP contribution is -2.50. The second kappa shape index (κ2) is 4.72. The number of carbonyl (C=O) groups is 1. The normalized spacial score (nSPS) is 15.1. The van der Waals surface area contributed by atoms with Gasteiger partial charge in [0.25, 0.3) is 5.91 Å². The Hall–Kier alpha value is -2.37. The number of para-hydroxylation sites is 1. The van der Waals surface area contributed by atoms with Gasteiger partial charge in [-0.1, -0.05) is 17.3 Å². The predicted molar refractivity (Wildman–Crippen MR) is 68.0 cm³/mol. The number of likely N-dealkylation sites (tertiary alicyclic amines) is 1. The van der Waals surface area contributed by atoms with E-state index in [9.17, 15) is 4.79 Å². The highest BCUT2D eigenvalue weighted by atomic mass is 16.5. The third-order valence-electron chi connectivity index (χ3n) is 3.30. The highest BCUT2D eigenvalue weighted by molar-refractivity contribution is 5.97. The van der Waals surface area contributed by atoms with E-state index in [0.29, 0.717) is 24.4 Å². The first kappa shape index (κ1) is 11.7. The van der Waals surface area contributed by atoms with Gasteiger partial charge in [0.05, 0.1) is 24.9 Å². The maximum atomic E-state index is 12.3. The first-order chi connectivity index (χ1) is 9.29. The van der Waals surface area contributed by atoms with Gasteiger partial charge in [0.15, 0.2) is 0 Å². The van der Waals surface area contributed by atoms with Crippen LogP contribution in [0.15, 0.2) is 36.7 Å². The van der Waals surface area contributed by atoms with Crippen molar-refractivity contribution in [3.63, 3.8) is 0 Å². The number of carbonyl (C=O) groups excluding carboxylic acids is 1. The van der Waals surface area contributed by atoms with E-state index in [1.54, 1.807) is 35.0 Å². The Balaban J connectivity index is 1.70. The number of hydrogen-bond donors (Lipinski definition) is 0. The molecule has 0 atom stereocenters. The Kier molecular flexibility index (Phi) is 2.91. The molecule has 0 N–H and O–H groups in total. The lowest BCUT2D eigenvalue weighted by atomic mass is 10.1. The van der Waals surface area contributed by atoms with Gasteiger partial charge < -0.3 is 9.64 Å². The second-order valence-electron chi connectivity index (χ2n) is 4.45. The Labute approximate surface area is 110 Å². The Bertz CT molecular complexity index is 576. The van der Waals surface area contributed by atoms with Crippen molar-refractivity contribution in [3.05, 3.63) is 42.2 Å². The van der Waals surface area contributed by atoms with Gasteiger partial charge in [-0.15, -0.1) is 5.10 Å². The zero-order chi connectivity index (χ0) is 13.2. The summed E-state index contributed by atoms with van der Waals surface area (Å²) >= 11 is 0. The summed E-state index contributed by atoms with van der Waals surface area (Å²) in [5.74, 6) is 0.602. The van der Waals surface area contributed by atoms with Gasteiger partial charge in [0.2, 0.25) is 0 Å². The summed E-state index contributed by atoms with van der Waals surface area (Å²) in [6, 6.07) is 7.49. The van der Waals surface area contributed by atoms with Crippen LogP contribution in [0.25, 0.3) is 0 Å². The van der Waals surface area contributed by atoms with Crippen molar-refractivity contribution in [1.82, 2.24) is 19.9 Å². The minimum atomic E-state index is -0.00573. The third kappa shape index (κ3) is 2.05. The molecule has 1 amide bonds. The average molecular weight is 258 g/mol. The zero-order valence-corrected chi connectivity index (χ0v) is 10.6. The SMILES string of the molecule is COc1ccccc1C(=O)N1CC(n2ccnn2)C1. The van der Waals surface area contributed by atoms with Gasteiger partial charge in [-0.05, 0) is 12.1 Å². The van der Waals surface area contributed by atoms with Gasteiger partial charge in [0.1, 0.15) is 5.75 Å². The predicted octanol–water partition coefficient (Wildman–Crippen LogP) is 0.984. The van der Waals surface area contributed by atoms with Crippen molar-refractivity contribution in [1.29, 1.82) is 0 Å². The fourth-order valence-electron chi connectivity index (χ4n) is 2.19. The van der Waals surface area contributed by atoms with Crippen molar-refractivity contribution in [2.24, 2.45) is 0 Å². The Morgan fingerprint density at radius 2 is 2.16 bits per heavy atom. The Morgan fingerprint density at radius 3 is 2.84 bits per heavy atom. The molecule has 0 unspecified atom stereocenters. The summed E-state index contributed by atoms with van der Waals surface area (Å²) in [5.41, 5.74) is 0.599. The molecule has 6 heteroatoms. The van der Waals surface area contributed by atoms with Crippen LogP contribution in [-0.4, -0.2) is 46.0 Å². The number of nitrogens with zero attached hydrogens (tertiary/aromatic N) is 4. The molecule has 1 aromatic heterocycles. The van der Waals surface area contributed by atoms with Crippen molar-refractivity contribution < 1.29 is 9.53 Å². The molecule has 0 bridgehead atoms. The van der Waals surface area contributed by atoms with Crippen molar-refractivity contribution in [2.75, 3.05) is 20.2 Å². The molecule has 2 aromatic rings. The standard InChI is InChI=1S/C13H14N4O2/c1-19-12-5-3-2-4-11(12)13(18)16-8-10(9-16)17-7-6-14-15-17/h2-7,10H,8-9H2,1H3. The van der Waals surface area contributed by atoms with Crippen LogP contribution in [0, 0.1) is 0 Å². The van der Waals surface area contributed by atoms with Gasteiger partial charge in [0, 0.05) is 19.3 Å². The highest BCUT2D eigenvalue weighted by Crippen LogP contribution is 2.25. The minimum absolute atomic E-state index is 0.00573. The van der Waals surface area contributed by atoms with Crippen molar-refractivity contribution >= 4 is 5.91 Å². The smallest absolute Gasteiger partial charge is 0.257 e. The van der Waals surface area contributed by atoms with Crippen LogP contribution in [0.1, 0.15) is 16.4 Å². The molecule has 1 aliphatic heterocycles. The molecule has 1 fully saturated rings. The molecule has 1 aliphatic rings. The maximum Gasteiger partial charge on any atom is 0.257 e. The summed E-state index contributed by atoms with van der Waals surface area (Å²) in [6.45, 7) is 1.31. The fraction of sp³-hybridized carbons (Fsp3) is 0.308. The second-order valence-corrected chi connectivity index (χ2v) is 4.45. The highest BCUT2D eigenvalue weighted by Gasteiger charge is 2.33. The molecule has 1 aromatic carbocycles. The summed E-state index contributed by atoms with van der Waals surface area (Å²) in [6.07, 6.45) is 3.46. The van der Waals surface area contributed by atoms with Crippen molar-refractivity contribution in [2.45, 2.75) is 6.04 Å². The zero-order valence-electron chi connectivity index (χ0n) is 10.6. The number of aromatic nitrogens is 3. The molecule has 1 saturated heterocycles. The van der Waals surface area contributed by atoms with Crippen molar-refractivity contribution in [3.8, 4) is 5.75 Å². The summed E-state index contributed by atoms with van der Waals surface area (Å²) in [7, 11) is 1.57. The third-order valence-corrected chi connectivity index (χ3v) is 3.30. The van der Waals surface area contributed by atoms with E-state index in [2.05, 4.69) is 10.3 Å². The van der Waals surface area contributed by atoms with Crippen LogP contribution in [0.4, 0.5) is 0 Å². The number of amides is 1. The molecule has 3 rings (SSSR count). The van der Waals surface area contributed by atoms with Gasteiger partial charge >= 0.3 is 0 Å². The van der Waals surface area contributed by atoms with Crippen LogP contribution in [0.3, 0.4) is 0 Å². The molecular weight excluding hydrogens is 244 g/mol. The summed E-state index contributed by atoms with van der Waals surface area (Å²) in [5, 5.41) is 7.71. The van der Waals surface area contributed by atoms with Crippen LogP contribution >= 0.6 is 0 Å². The quantitative estimate of drug-likeness (QED) is 0.823. The van der Waals surface area contributed by atoms with Gasteiger partial charge in [-0.2, -0.15) is 0 Å². The molecule has 0 saturated carbocycles. The van der Waals surface area contributed by atoms with Crippen LogP contribution in [0.2, 0.25) is 0 Å². The topological polar surface area (TPSA) is 60.2 Å². The molecule has 6 nitrogen and oxygen atoms in total. The largest absolute Gasteiger partial charge is 0.496 e. The molecule has 0 spiro atoms. The van der Waals surface area contributed by atoms with E-state index in [1.807, 2.05) is 18.3 Å². The monoisotopic (exact) mass is 258 g/mol.